The van der Waals surface area contributed by atoms with Gasteiger partial charge in [0.05, 0.1) is 7.11 Å². The number of fused-ring (bicyclic) bond motifs is 1. The molecule has 1 aliphatic heterocycles. The van der Waals surface area contributed by atoms with Gasteiger partial charge in [-0.3, -0.25) is 10.1 Å². The Morgan fingerprint density at radius 2 is 2.25 bits per heavy atom. The number of nitrogens with one attached hydrogen (secondary N) is 1. The Balaban J connectivity index is 1.97. The number of carboxylic acid groups (broad SMARTS) is 1. The zero-order valence-electron chi connectivity index (χ0n) is 11.7. The van der Waals surface area contributed by atoms with Gasteiger partial charge in [-0.1, -0.05) is 0 Å². The number of hydrogen-bond donors (Lipinski definition) is 2. The normalized spacial score (nSPS) is 22.0. The predicted octanol–water partition coefficient (Wildman–Crippen LogP) is 1.90. The van der Waals surface area contributed by atoms with Gasteiger partial charge in [-0.25, -0.2) is 0 Å². The van der Waals surface area contributed by atoms with Crippen molar-refractivity contribution in [2.45, 2.75) is 44.4 Å². The molecule has 0 aromatic heterocycles. The molecule has 3 rings (SSSR count). The van der Waals surface area contributed by atoms with E-state index in [1.807, 2.05) is 19.1 Å². The van der Waals surface area contributed by atoms with E-state index in [-0.39, 0.29) is 6.10 Å². The summed E-state index contributed by atoms with van der Waals surface area (Å²) >= 11 is 0. The fourth-order valence-electron chi connectivity index (χ4n) is 2.64. The largest absolute Gasteiger partial charge is 0.496 e. The molecule has 0 spiro atoms. The van der Waals surface area contributed by atoms with E-state index in [0.717, 1.165) is 30.6 Å². The number of benzene rings is 1. The van der Waals surface area contributed by atoms with Gasteiger partial charge < -0.3 is 14.6 Å². The average molecular weight is 277 g/mol. The van der Waals surface area contributed by atoms with Crippen LogP contribution in [0.5, 0.6) is 11.5 Å². The summed E-state index contributed by atoms with van der Waals surface area (Å²) in [6.07, 6.45) is 3.03. The first-order valence-electron chi connectivity index (χ1n) is 6.94. The molecule has 1 aromatic carbocycles. The average Bonchev–Trinajstić information content (AvgIpc) is 3.14. The van der Waals surface area contributed by atoms with Crippen molar-refractivity contribution in [1.82, 2.24) is 5.32 Å². The summed E-state index contributed by atoms with van der Waals surface area (Å²) in [7, 11) is 1.57. The molecule has 1 aliphatic carbocycles. The Kier molecular flexibility index (Phi) is 3.30. The molecule has 2 N–H and O–H groups in total. The van der Waals surface area contributed by atoms with Gasteiger partial charge in [0.2, 0.25) is 0 Å². The highest BCUT2D eigenvalue weighted by atomic mass is 16.5. The first-order chi connectivity index (χ1) is 9.58. The Morgan fingerprint density at radius 1 is 1.50 bits per heavy atom. The SMILES string of the molecule is COc1cc2c(cc1C(NC1CC1)C(=O)O)OC(C)C2. The Bertz CT molecular complexity index is 539. The van der Waals surface area contributed by atoms with E-state index >= 15 is 0 Å². The summed E-state index contributed by atoms with van der Waals surface area (Å²) in [5.74, 6) is 0.500. The standard InChI is InChI=1S/C15H19NO4/c1-8-5-9-6-13(19-2)11(7-12(9)20-8)14(15(17)18)16-10-3-4-10/h6-8,10,14,16H,3-5H2,1-2H3,(H,17,18). The van der Waals surface area contributed by atoms with Crippen LogP contribution < -0.4 is 14.8 Å². The summed E-state index contributed by atoms with van der Waals surface area (Å²) in [4.78, 5) is 11.5. The van der Waals surface area contributed by atoms with Gasteiger partial charge in [-0.2, -0.15) is 0 Å². The van der Waals surface area contributed by atoms with Crippen molar-refractivity contribution in [3.05, 3.63) is 23.3 Å². The van der Waals surface area contributed by atoms with Gasteiger partial charge in [-0.15, -0.1) is 0 Å². The lowest BCUT2D eigenvalue weighted by Crippen LogP contribution is -2.30. The molecular weight excluding hydrogens is 258 g/mol. The lowest BCUT2D eigenvalue weighted by atomic mass is 10.0. The van der Waals surface area contributed by atoms with Crippen LogP contribution in [0.2, 0.25) is 0 Å². The van der Waals surface area contributed by atoms with Gasteiger partial charge in [0.1, 0.15) is 23.6 Å². The molecule has 2 unspecified atom stereocenters. The third kappa shape index (κ3) is 2.45. The van der Waals surface area contributed by atoms with Gasteiger partial charge in [0.15, 0.2) is 0 Å². The van der Waals surface area contributed by atoms with E-state index in [1.54, 1.807) is 7.11 Å². The van der Waals surface area contributed by atoms with Crippen molar-refractivity contribution in [3.8, 4) is 11.5 Å². The second kappa shape index (κ2) is 4.98. The maximum absolute atomic E-state index is 11.5. The molecule has 0 bridgehead atoms. The van der Waals surface area contributed by atoms with Crippen LogP contribution in [0, 0.1) is 0 Å². The zero-order valence-corrected chi connectivity index (χ0v) is 11.7. The van der Waals surface area contributed by atoms with Crippen molar-refractivity contribution in [2.24, 2.45) is 0 Å². The van der Waals surface area contributed by atoms with Crippen molar-refractivity contribution in [2.75, 3.05) is 7.11 Å². The van der Waals surface area contributed by atoms with Crippen LogP contribution in [0.4, 0.5) is 0 Å². The first-order valence-corrected chi connectivity index (χ1v) is 6.94. The summed E-state index contributed by atoms with van der Waals surface area (Å²) < 4.78 is 11.1. The Labute approximate surface area is 117 Å². The Morgan fingerprint density at radius 3 is 2.85 bits per heavy atom. The minimum Gasteiger partial charge on any atom is -0.496 e. The fraction of sp³-hybridized carbons (Fsp3) is 0.533. The predicted molar refractivity (Wildman–Crippen MR) is 73.3 cm³/mol. The second-order valence-corrected chi connectivity index (χ2v) is 5.55. The minimum atomic E-state index is -0.888. The molecule has 2 atom stereocenters. The highest BCUT2D eigenvalue weighted by Gasteiger charge is 2.33. The van der Waals surface area contributed by atoms with Crippen LogP contribution in [0.15, 0.2) is 12.1 Å². The summed E-state index contributed by atoms with van der Waals surface area (Å²) in [5, 5.41) is 12.6. The third-order valence-corrected chi connectivity index (χ3v) is 3.79. The molecule has 0 saturated heterocycles. The molecule has 1 fully saturated rings. The molecule has 2 aliphatic rings. The van der Waals surface area contributed by atoms with E-state index in [4.69, 9.17) is 9.47 Å². The molecule has 0 radical (unpaired) electrons. The maximum atomic E-state index is 11.5. The minimum absolute atomic E-state index is 0.129. The van der Waals surface area contributed by atoms with Crippen molar-refractivity contribution in [1.29, 1.82) is 0 Å². The molecule has 0 amide bonds. The smallest absolute Gasteiger partial charge is 0.325 e. The van der Waals surface area contributed by atoms with E-state index in [9.17, 15) is 9.90 Å². The van der Waals surface area contributed by atoms with Gasteiger partial charge in [0.25, 0.3) is 0 Å². The number of ether oxygens (including phenoxy) is 2. The summed E-state index contributed by atoms with van der Waals surface area (Å²) in [6, 6.07) is 3.26. The van der Waals surface area contributed by atoms with Crippen LogP contribution in [0.3, 0.4) is 0 Å². The fourth-order valence-corrected chi connectivity index (χ4v) is 2.64. The van der Waals surface area contributed by atoms with Crippen LogP contribution in [0.1, 0.15) is 36.9 Å². The summed E-state index contributed by atoms with van der Waals surface area (Å²) in [6.45, 7) is 2.00. The van der Waals surface area contributed by atoms with Crippen LogP contribution in [-0.2, 0) is 11.2 Å². The number of carboxylic acids is 1. The Hall–Kier alpha value is -1.75. The van der Waals surface area contributed by atoms with Gasteiger partial charge in [-0.05, 0) is 31.9 Å². The molecule has 108 valence electrons. The van der Waals surface area contributed by atoms with E-state index in [2.05, 4.69) is 5.32 Å². The monoisotopic (exact) mass is 277 g/mol. The topological polar surface area (TPSA) is 67.8 Å². The lowest BCUT2D eigenvalue weighted by Gasteiger charge is -2.18. The first kappa shape index (κ1) is 13.2. The molecule has 1 saturated carbocycles. The van der Waals surface area contributed by atoms with E-state index < -0.39 is 12.0 Å². The molecule has 20 heavy (non-hydrogen) atoms. The molecular formula is C15H19NO4. The zero-order chi connectivity index (χ0) is 14.3. The van der Waals surface area contributed by atoms with Crippen molar-refractivity contribution < 1.29 is 19.4 Å². The van der Waals surface area contributed by atoms with E-state index in [0.29, 0.717) is 17.4 Å². The maximum Gasteiger partial charge on any atom is 0.325 e. The molecule has 5 nitrogen and oxygen atoms in total. The lowest BCUT2D eigenvalue weighted by molar-refractivity contribution is -0.139. The van der Waals surface area contributed by atoms with Crippen molar-refractivity contribution in [3.63, 3.8) is 0 Å². The molecule has 1 aromatic rings. The molecule has 5 heteroatoms. The number of aliphatic carboxylic acids is 1. The van der Waals surface area contributed by atoms with Crippen LogP contribution in [-0.4, -0.2) is 30.3 Å². The van der Waals surface area contributed by atoms with Gasteiger partial charge in [0, 0.05) is 23.6 Å². The van der Waals surface area contributed by atoms with Gasteiger partial charge >= 0.3 is 5.97 Å². The number of methoxy groups -OCH3 is 1. The third-order valence-electron chi connectivity index (χ3n) is 3.79. The highest BCUT2D eigenvalue weighted by molar-refractivity contribution is 5.77. The number of hydrogen-bond acceptors (Lipinski definition) is 4. The summed E-state index contributed by atoms with van der Waals surface area (Å²) in [5.41, 5.74) is 1.72. The number of carbonyl (C=O) groups is 1. The van der Waals surface area contributed by atoms with Crippen molar-refractivity contribution >= 4 is 5.97 Å². The highest BCUT2D eigenvalue weighted by Crippen LogP contribution is 2.38. The van der Waals surface area contributed by atoms with Crippen LogP contribution in [0.25, 0.3) is 0 Å². The van der Waals surface area contributed by atoms with Crippen LogP contribution >= 0.6 is 0 Å². The quantitative estimate of drug-likeness (QED) is 0.860. The van der Waals surface area contributed by atoms with E-state index in [1.165, 1.54) is 0 Å². The second-order valence-electron chi connectivity index (χ2n) is 5.55. The number of rotatable bonds is 5. The molecule has 1 heterocycles.